The molecule has 0 amide bonds. The van der Waals surface area contributed by atoms with Crippen LogP contribution in [0.4, 0.5) is 0 Å². The number of nitrogens with zero attached hydrogens (tertiary/aromatic N) is 1. The fourth-order valence-corrected chi connectivity index (χ4v) is 3.95. The molecule has 19 heavy (non-hydrogen) atoms. The molecule has 1 unspecified atom stereocenters. The summed E-state index contributed by atoms with van der Waals surface area (Å²) in [7, 11) is 1.82. The molecule has 112 valence electrons. The Labute approximate surface area is 119 Å². The van der Waals surface area contributed by atoms with E-state index in [1.54, 1.807) is 0 Å². The maximum absolute atomic E-state index is 5.30. The lowest BCUT2D eigenvalue weighted by Gasteiger charge is -2.32. The Morgan fingerprint density at radius 1 is 1.26 bits per heavy atom. The van der Waals surface area contributed by atoms with E-state index >= 15 is 0 Å². The van der Waals surface area contributed by atoms with Crippen molar-refractivity contribution in [2.24, 2.45) is 11.3 Å². The van der Waals surface area contributed by atoms with E-state index in [-0.39, 0.29) is 0 Å². The first-order valence-corrected chi connectivity index (χ1v) is 8.19. The highest BCUT2D eigenvalue weighted by Crippen LogP contribution is 2.58. The summed E-state index contributed by atoms with van der Waals surface area (Å²) in [5.74, 6) is 0.951. The molecule has 1 aliphatic carbocycles. The Hall–Kier alpha value is -0.120. The quantitative estimate of drug-likeness (QED) is 0.732. The highest BCUT2D eigenvalue weighted by Gasteiger charge is 2.53. The molecule has 0 aromatic carbocycles. The summed E-state index contributed by atoms with van der Waals surface area (Å²) in [6.07, 6.45) is 6.80. The van der Waals surface area contributed by atoms with Gasteiger partial charge < -0.3 is 10.1 Å². The zero-order valence-electron chi connectivity index (χ0n) is 13.1. The lowest BCUT2D eigenvalue weighted by atomic mass is 9.91. The van der Waals surface area contributed by atoms with E-state index in [0.29, 0.717) is 5.41 Å². The molecule has 1 atom stereocenters. The smallest absolute Gasteiger partial charge is 0.0589 e. The number of hydrogen-bond donors (Lipinski definition) is 1. The summed E-state index contributed by atoms with van der Waals surface area (Å²) < 4.78 is 5.30. The number of hydrogen-bond acceptors (Lipinski definition) is 3. The van der Waals surface area contributed by atoms with Gasteiger partial charge in [0.25, 0.3) is 0 Å². The van der Waals surface area contributed by atoms with Crippen LogP contribution in [0.2, 0.25) is 0 Å². The van der Waals surface area contributed by atoms with Crippen LogP contribution in [0.25, 0.3) is 0 Å². The summed E-state index contributed by atoms with van der Waals surface area (Å²) in [6.45, 7) is 10.4. The van der Waals surface area contributed by atoms with Crippen LogP contribution in [0.3, 0.4) is 0 Å². The fraction of sp³-hybridized carbons (Fsp3) is 1.00. The largest absolute Gasteiger partial charge is 0.383 e. The number of nitrogens with one attached hydrogen (secondary N) is 1. The molecule has 3 nitrogen and oxygen atoms in total. The van der Waals surface area contributed by atoms with Crippen molar-refractivity contribution >= 4 is 0 Å². The first-order valence-electron chi connectivity index (χ1n) is 8.19. The summed E-state index contributed by atoms with van der Waals surface area (Å²) in [5.41, 5.74) is 0.711. The van der Waals surface area contributed by atoms with Gasteiger partial charge in [0.05, 0.1) is 6.61 Å². The average molecular weight is 268 g/mol. The molecule has 0 bridgehead atoms. The molecule has 3 heteroatoms. The van der Waals surface area contributed by atoms with Crippen LogP contribution in [-0.4, -0.2) is 50.8 Å². The van der Waals surface area contributed by atoms with E-state index < -0.39 is 0 Å². The molecule has 2 rings (SSSR count). The molecular formula is C16H32N2O. The summed E-state index contributed by atoms with van der Waals surface area (Å²) in [4.78, 5) is 2.70. The molecule has 1 saturated carbocycles. The summed E-state index contributed by atoms with van der Waals surface area (Å²) >= 11 is 0. The van der Waals surface area contributed by atoms with Gasteiger partial charge in [0.2, 0.25) is 0 Å². The van der Waals surface area contributed by atoms with Gasteiger partial charge in [0.1, 0.15) is 0 Å². The second kappa shape index (κ2) is 7.05. The lowest BCUT2D eigenvalue weighted by Crippen LogP contribution is -2.40. The van der Waals surface area contributed by atoms with Gasteiger partial charge in [-0.2, -0.15) is 0 Å². The highest BCUT2D eigenvalue weighted by atomic mass is 16.5. The Kier molecular flexibility index (Phi) is 5.67. The fourth-order valence-electron chi connectivity index (χ4n) is 3.95. The summed E-state index contributed by atoms with van der Waals surface area (Å²) in [5, 5.41) is 3.50. The van der Waals surface area contributed by atoms with Gasteiger partial charge in [-0.05, 0) is 56.5 Å². The second-order valence-electron chi connectivity index (χ2n) is 6.47. The molecule has 1 N–H and O–H groups in total. The molecule has 1 heterocycles. The highest BCUT2D eigenvalue weighted by molar-refractivity contribution is 5.05. The minimum absolute atomic E-state index is 0.711. The predicted octanol–water partition coefficient (Wildman–Crippen LogP) is 2.51. The topological polar surface area (TPSA) is 24.5 Å². The van der Waals surface area contributed by atoms with Crippen molar-refractivity contribution in [3.05, 3.63) is 0 Å². The van der Waals surface area contributed by atoms with Crippen LogP contribution in [0.1, 0.15) is 46.0 Å². The lowest BCUT2D eigenvalue weighted by molar-refractivity contribution is 0.105. The van der Waals surface area contributed by atoms with Gasteiger partial charge in [-0.15, -0.1) is 0 Å². The zero-order valence-corrected chi connectivity index (χ0v) is 13.1. The molecular weight excluding hydrogens is 236 g/mol. The molecule has 0 aromatic heterocycles. The van der Waals surface area contributed by atoms with E-state index in [1.165, 1.54) is 51.7 Å². The molecule has 2 aliphatic rings. The van der Waals surface area contributed by atoms with Gasteiger partial charge in [-0.1, -0.05) is 13.8 Å². The van der Waals surface area contributed by atoms with Crippen molar-refractivity contribution in [2.45, 2.75) is 52.0 Å². The van der Waals surface area contributed by atoms with Gasteiger partial charge in [0.15, 0.2) is 0 Å². The Balaban J connectivity index is 1.85. The van der Waals surface area contributed by atoms with Crippen molar-refractivity contribution in [3.8, 4) is 0 Å². The molecule has 0 aromatic rings. The maximum atomic E-state index is 5.30. The SMILES string of the molecule is CCC(CC)N(CCOC)CC1CC12CCNCC2. The maximum Gasteiger partial charge on any atom is 0.0589 e. The Morgan fingerprint density at radius 3 is 2.53 bits per heavy atom. The molecule has 1 aliphatic heterocycles. The van der Waals surface area contributed by atoms with Crippen LogP contribution in [0, 0.1) is 11.3 Å². The average Bonchev–Trinajstić information content (AvgIpc) is 3.09. The third kappa shape index (κ3) is 3.71. The van der Waals surface area contributed by atoms with Crippen LogP contribution in [0.5, 0.6) is 0 Å². The third-order valence-corrected chi connectivity index (χ3v) is 5.45. The van der Waals surface area contributed by atoms with Gasteiger partial charge in [-0.3, -0.25) is 4.90 Å². The van der Waals surface area contributed by atoms with Crippen molar-refractivity contribution < 1.29 is 4.74 Å². The minimum atomic E-state index is 0.711. The molecule has 2 fully saturated rings. The van der Waals surface area contributed by atoms with E-state index in [1.807, 2.05) is 7.11 Å². The first-order chi connectivity index (χ1) is 9.25. The van der Waals surface area contributed by atoms with E-state index in [0.717, 1.165) is 25.1 Å². The normalized spacial score (nSPS) is 25.4. The van der Waals surface area contributed by atoms with Gasteiger partial charge >= 0.3 is 0 Å². The number of rotatable bonds is 8. The number of ether oxygens (including phenoxy) is 1. The second-order valence-corrected chi connectivity index (χ2v) is 6.47. The zero-order chi connectivity index (χ0) is 13.7. The van der Waals surface area contributed by atoms with Crippen LogP contribution < -0.4 is 5.32 Å². The van der Waals surface area contributed by atoms with Crippen LogP contribution >= 0.6 is 0 Å². The van der Waals surface area contributed by atoms with Crippen molar-refractivity contribution in [1.82, 2.24) is 10.2 Å². The number of methoxy groups -OCH3 is 1. The van der Waals surface area contributed by atoms with Crippen LogP contribution in [-0.2, 0) is 4.74 Å². The first kappa shape index (κ1) is 15.3. The minimum Gasteiger partial charge on any atom is -0.383 e. The molecule has 1 saturated heterocycles. The molecule has 0 radical (unpaired) electrons. The van der Waals surface area contributed by atoms with Gasteiger partial charge in [-0.25, -0.2) is 0 Å². The van der Waals surface area contributed by atoms with E-state index in [4.69, 9.17) is 4.74 Å². The van der Waals surface area contributed by atoms with Crippen LogP contribution in [0.15, 0.2) is 0 Å². The standard InChI is InChI=1S/C16H32N2O/c1-4-15(5-2)18(10-11-19-3)13-14-12-16(14)6-8-17-9-7-16/h14-15,17H,4-13H2,1-3H3. The monoisotopic (exact) mass is 268 g/mol. The Morgan fingerprint density at radius 2 is 1.95 bits per heavy atom. The van der Waals surface area contributed by atoms with Crippen molar-refractivity contribution in [3.63, 3.8) is 0 Å². The Bertz CT molecular complexity index is 259. The van der Waals surface area contributed by atoms with Crippen molar-refractivity contribution in [2.75, 3.05) is 39.9 Å². The van der Waals surface area contributed by atoms with Gasteiger partial charge in [0, 0.05) is 26.2 Å². The predicted molar refractivity (Wildman–Crippen MR) is 80.5 cm³/mol. The summed E-state index contributed by atoms with van der Waals surface area (Å²) in [6, 6.07) is 0.745. The van der Waals surface area contributed by atoms with E-state index in [9.17, 15) is 0 Å². The third-order valence-electron chi connectivity index (χ3n) is 5.45. The van der Waals surface area contributed by atoms with Crippen molar-refractivity contribution in [1.29, 1.82) is 0 Å². The molecule has 1 spiro atoms. The van der Waals surface area contributed by atoms with E-state index in [2.05, 4.69) is 24.1 Å². The number of piperidine rings is 1.